The van der Waals surface area contributed by atoms with Crippen molar-refractivity contribution >= 4 is 10.9 Å². The van der Waals surface area contributed by atoms with Gasteiger partial charge in [-0.15, -0.1) is 0 Å². The summed E-state index contributed by atoms with van der Waals surface area (Å²) in [6, 6.07) is 7.83. The van der Waals surface area contributed by atoms with Crippen LogP contribution in [0.3, 0.4) is 0 Å². The van der Waals surface area contributed by atoms with E-state index in [0.29, 0.717) is 5.39 Å². The van der Waals surface area contributed by atoms with Crippen LogP contribution in [0.5, 0.6) is 0 Å². The van der Waals surface area contributed by atoms with E-state index in [1.807, 2.05) is 31.3 Å². The number of nitrogens with zero attached hydrogens (tertiary/aromatic N) is 5. The van der Waals surface area contributed by atoms with Crippen molar-refractivity contribution in [1.29, 1.82) is 0 Å². The highest BCUT2D eigenvalue weighted by Gasteiger charge is 2.32. The zero-order valence-corrected chi connectivity index (χ0v) is 16.0. The first-order valence-corrected chi connectivity index (χ1v) is 9.87. The minimum Gasteiger partial charge on any atom is -0.298 e. The van der Waals surface area contributed by atoms with Gasteiger partial charge in [0.15, 0.2) is 0 Å². The highest BCUT2D eigenvalue weighted by Crippen LogP contribution is 2.34. The van der Waals surface area contributed by atoms with Crippen molar-refractivity contribution in [2.24, 2.45) is 14.1 Å². The molecule has 0 radical (unpaired) electrons. The first-order chi connectivity index (χ1) is 13.1. The van der Waals surface area contributed by atoms with E-state index in [0.717, 1.165) is 50.1 Å². The number of rotatable bonds is 3. The highest BCUT2D eigenvalue weighted by atomic mass is 16.1. The van der Waals surface area contributed by atoms with E-state index in [9.17, 15) is 4.79 Å². The fraction of sp³-hybridized carbons (Fsp3) is 0.476. The van der Waals surface area contributed by atoms with Crippen molar-refractivity contribution < 1.29 is 0 Å². The predicted octanol–water partition coefficient (Wildman–Crippen LogP) is 2.49. The van der Waals surface area contributed by atoms with Gasteiger partial charge in [-0.1, -0.05) is 12.1 Å². The normalized spacial score (nSPS) is 19.9. The quantitative estimate of drug-likeness (QED) is 0.717. The summed E-state index contributed by atoms with van der Waals surface area (Å²) in [6.07, 6.45) is 5.64. The van der Waals surface area contributed by atoms with Crippen molar-refractivity contribution in [3.05, 3.63) is 57.4 Å². The van der Waals surface area contributed by atoms with Crippen LogP contribution in [0.15, 0.2) is 29.1 Å². The molecule has 0 spiro atoms. The lowest BCUT2D eigenvalue weighted by molar-refractivity contribution is 0.228. The van der Waals surface area contributed by atoms with Crippen LogP contribution in [-0.2, 0) is 33.5 Å². The largest absolute Gasteiger partial charge is 0.298 e. The number of para-hydroxylation sites is 1. The van der Waals surface area contributed by atoms with Gasteiger partial charge in [0, 0.05) is 20.6 Å². The standard InChI is InChI=1S/C21H25N5O/c1-24-20(22-16-9-4-3-7-15(16)21(24)27)18-11-6-12-26(18)13-19-14-8-5-10-17(14)23-25(19)2/h3-4,7,9,18H,5-6,8,10-13H2,1-2H3. The third-order valence-corrected chi connectivity index (χ3v) is 6.23. The molecule has 1 aromatic carbocycles. The first-order valence-electron chi connectivity index (χ1n) is 9.87. The summed E-state index contributed by atoms with van der Waals surface area (Å²) >= 11 is 0. The van der Waals surface area contributed by atoms with E-state index >= 15 is 0 Å². The summed E-state index contributed by atoms with van der Waals surface area (Å²) in [6.45, 7) is 1.92. The van der Waals surface area contributed by atoms with Gasteiger partial charge >= 0.3 is 0 Å². The van der Waals surface area contributed by atoms with Crippen molar-refractivity contribution in [3.8, 4) is 0 Å². The topological polar surface area (TPSA) is 56.0 Å². The van der Waals surface area contributed by atoms with Gasteiger partial charge < -0.3 is 0 Å². The number of hydrogen-bond donors (Lipinski definition) is 0. The maximum absolute atomic E-state index is 12.8. The van der Waals surface area contributed by atoms with Gasteiger partial charge in [-0.05, 0) is 56.3 Å². The molecule has 3 aromatic rings. The van der Waals surface area contributed by atoms with E-state index in [4.69, 9.17) is 10.1 Å². The second kappa shape index (κ2) is 6.30. The summed E-state index contributed by atoms with van der Waals surface area (Å²) in [5.74, 6) is 0.884. The minimum absolute atomic E-state index is 0.0453. The van der Waals surface area contributed by atoms with E-state index in [1.54, 1.807) is 4.57 Å². The Bertz CT molecular complexity index is 1080. The van der Waals surface area contributed by atoms with Crippen LogP contribution in [0.2, 0.25) is 0 Å². The molecule has 1 aliphatic carbocycles. The molecule has 140 valence electrons. The summed E-state index contributed by atoms with van der Waals surface area (Å²) in [5, 5.41) is 5.42. The Hall–Kier alpha value is -2.47. The number of aromatic nitrogens is 4. The number of fused-ring (bicyclic) bond motifs is 2. The van der Waals surface area contributed by atoms with Crippen LogP contribution < -0.4 is 5.56 Å². The Labute approximate surface area is 158 Å². The Morgan fingerprint density at radius 2 is 2.00 bits per heavy atom. The lowest BCUT2D eigenvalue weighted by Gasteiger charge is -2.26. The van der Waals surface area contributed by atoms with Crippen LogP contribution in [0.1, 0.15) is 48.1 Å². The molecule has 0 bridgehead atoms. The van der Waals surface area contributed by atoms with Crippen molar-refractivity contribution in [2.75, 3.05) is 6.54 Å². The molecule has 1 saturated heterocycles. The van der Waals surface area contributed by atoms with E-state index < -0.39 is 0 Å². The van der Waals surface area contributed by atoms with Crippen molar-refractivity contribution in [1.82, 2.24) is 24.2 Å². The maximum atomic E-state index is 12.8. The average molecular weight is 363 g/mol. The van der Waals surface area contributed by atoms with E-state index in [-0.39, 0.29) is 11.6 Å². The molecule has 0 N–H and O–H groups in total. The molecule has 1 atom stereocenters. The molecule has 2 aromatic heterocycles. The van der Waals surface area contributed by atoms with Crippen LogP contribution >= 0.6 is 0 Å². The van der Waals surface area contributed by atoms with E-state index in [1.165, 1.54) is 23.4 Å². The zero-order valence-electron chi connectivity index (χ0n) is 16.0. The SMILES string of the molecule is Cn1nc2c(c1CN1CCCC1c1nc3ccccc3c(=O)n1C)CCC2. The lowest BCUT2D eigenvalue weighted by atomic mass is 10.1. The van der Waals surface area contributed by atoms with Gasteiger partial charge in [0.2, 0.25) is 0 Å². The third-order valence-electron chi connectivity index (χ3n) is 6.23. The summed E-state index contributed by atoms with van der Waals surface area (Å²) in [5.41, 5.74) is 4.90. The molecule has 3 heterocycles. The third kappa shape index (κ3) is 2.62. The Morgan fingerprint density at radius 1 is 1.15 bits per heavy atom. The molecular formula is C21H25N5O. The van der Waals surface area contributed by atoms with Crippen molar-refractivity contribution in [2.45, 2.75) is 44.7 Å². The Morgan fingerprint density at radius 3 is 2.89 bits per heavy atom. The number of likely N-dealkylation sites (tertiary alicyclic amines) is 1. The molecule has 1 fully saturated rings. The van der Waals surface area contributed by atoms with Crippen LogP contribution in [-0.4, -0.2) is 30.8 Å². The second-order valence-corrected chi connectivity index (χ2v) is 7.83. The number of hydrogen-bond acceptors (Lipinski definition) is 4. The Balaban J connectivity index is 1.53. The van der Waals surface area contributed by atoms with Crippen LogP contribution in [0.25, 0.3) is 10.9 Å². The molecule has 1 unspecified atom stereocenters. The van der Waals surface area contributed by atoms with Crippen LogP contribution in [0.4, 0.5) is 0 Å². The van der Waals surface area contributed by atoms with Gasteiger partial charge in [-0.2, -0.15) is 5.10 Å². The van der Waals surface area contributed by atoms with Gasteiger partial charge in [0.25, 0.3) is 5.56 Å². The van der Waals surface area contributed by atoms with Gasteiger partial charge in [-0.3, -0.25) is 18.9 Å². The molecular weight excluding hydrogens is 338 g/mol. The van der Waals surface area contributed by atoms with E-state index in [2.05, 4.69) is 16.6 Å². The Kier molecular flexibility index (Phi) is 3.90. The smallest absolute Gasteiger partial charge is 0.261 e. The lowest BCUT2D eigenvalue weighted by Crippen LogP contribution is -2.31. The zero-order chi connectivity index (χ0) is 18.5. The van der Waals surface area contributed by atoms with Crippen LogP contribution in [0, 0.1) is 0 Å². The molecule has 0 amide bonds. The monoisotopic (exact) mass is 363 g/mol. The number of aryl methyl sites for hydroxylation is 2. The molecule has 6 nitrogen and oxygen atoms in total. The fourth-order valence-electron chi connectivity index (χ4n) is 4.82. The molecule has 5 rings (SSSR count). The second-order valence-electron chi connectivity index (χ2n) is 7.83. The summed E-state index contributed by atoms with van der Waals surface area (Å²) < 4.78 is 3.81. The fourth-order valence-corrected chi connectivity index (χ4v) is 4.82. The molecule has 2 aliphatic rings. The maximum Gasteiger partial charge on any atom is 0.261 e. The van der Waals surface area contributed by atoms with Gasteiger partial charge in [0.05, 0.1) is 28.3 Å². The van der Waals surface area contributed by atoms with Gasteiger partial charge in [0.1, 0.15) is 5.82 Å². The van der Waals surface area contributed by atoms with Crippen molar-refractivity contribution in [3.63, 3.8) is 0 Å². The minimum atomic E-state index is 0.0453. The summed E-state index contributed by atoms with van der Waals surface area (Å²) in [7, 11) is 3.91. The number of benzene rings is 1. The predicted molar refractivity (Wildman–Crippen MR) is 105 cm³/mol. The average Bonchev–Trinajstić information content (AvgIpc) is 3.37. The molecule has 6 heteroatoms. The molecule has 1 aliphatic heterocycles. The molecule has 27 heavy (non-hydrogen) atoms. The summed E-state index contributed by atoms with van der Waals surface area (Å²) in [4.78, 5) is 20.2. The highest BCUT2D eigenvalue weighted by molar-refractivity contribution is 5.77. The first kappa shape index (κ1) is 16.7. The van der Waals surface area contributed by atoms with Gasteiger partial charge in [-0.25, -0.2) is 4.98 Å². The molecule has 0 saturated carbocycles.